The Morgan fingerprint density at radius 2 is 2.08 bits per heavy atom. The molecule has 6 heteroatoms. The fourth-order valence-electron chi connectivity index (χ4n) is 3.11. The molecule has 0 spiro atoms. The third kappa shape index (κ3) is 4.21. The fraction of sp³-hybridized carbons (Fsp3) is 0.444. The summed E-state index contributed by atoms with van der Waals surface area (Å²) in [5.74, 6) is -1.15. The number of nitrogens with zero attached hydrogens (tertiary/aromatic N) is 1. The minimum Gasteiger partial charge on any atom is -0.481 e. The van der Waals surface area contributed by atoms with Crippen LogP contribution < -0.4 is 5.32 Å². The summed E-state index contributed by atoms with van der Waals surface area (Å²) < 4.78 is 0. The van der Waals surface area contributed by atoms with E-state index in [4.69, 9.17) is 0 Å². The number of hydrogen-bond donors (Lipinski definition) is 3. The second-order valence-corrected chi connectivity index (χ2v) is 6.22. The highest BCUT2D eigenvalue weighted by atomic mass is 16.4. The first-order valence-corrected chi connectivity index (χ1v) is 8.03. The molecule has 0 aliphatic carbocycles. The Bertz CT molecular complexity index is 590. The molecule has 1 amide bonds. The summed E-state index contributed by atoms with van der Waals surface area (Å²) >= 11 is 0. The van der Waals surface area contributed by atoms with Crippen molar-refractivity contribution in [3.8, 4) is 0 Å². The smallest absolute Gasteiger partial charge is 0.312 e. The van der Waals surface area contributed by atoms with Crippen LogP contribution in [0.3, 0.4) is 0 Å². The number of likely N-dealkylation sites (tertiary alicyclic amines) is 1. The molecule has 24 heavy (non-hydrogen) atoms. The molecule has 1 saturated heterocycles. The van der Waals surface area contributed by atoms with E-state index in [0.717, 1.165) is 5.56 Å². The topological polar surface area (TPSA) is 89.9 Å². The van der Waals surface area contributed by atoms with Crippen molar-refractivity contribution in [1.82, 2.24) is 10.2 Å². The first kappa shape index (κ1) is 18.2. The molecule has 0 bridgehead atoms. The summed E-state index contributed by atoms with van der Waals surface area (Å²) in [5.41, 5.74) is -0.328. The number of aliphatic carboxylic acids is 1. The Labute approximate surface area is 141 Å². The molecule has 0 radical (unpaired) electrons. The number of carboxylic acids is 1. The number of nitrogens with one attached hydrogen (secondary N) is 1. The van der Waals surface area contributed by atoms with Gasteiger partial charge in [-0.3, -0.25) is 14.5 Å². The average molecular weight is 332 g/mol. The van der Waals surface area contributed by atoms with Crippen LogP contribution in [-0.4, -0.2) is 59.3 Å². The zero-order valence-corrected chi connectivity index (χ0v) is 13.6. The van der Waals surface area contributed by atoms with Crippen LogP contribution in [0.25, 0.3) is 0 Å². The number of piperidine rings is 1. The monoisotopic (exact) mass is 332 g/mol. The van der Waals surface area contributed by atoms with Gasteiger partial charge in [0.2, 0.25) is 5.91 Å². The lowest BCUT2D eigenvalue weighted by molar-refractivity contribution is -0.163. The number of hydrogen-bond acceptors (Lipinski definition) is 4. The molecule has 1 unspecified atom stereocenters. The third-order valence-corrected chi connectivity index (χ3v) is 4.54. The van der Waals surface area contributed by atoms with Gasteiger partial charge in [0.1, 0.15) is 5.41 Å². The van der Waals surface area contributed by atoms with Gasteiger partial charge in [-0.1, -0.05) is 36.4 Å². The molecular formula is C18H24N2O4. The van der Waals surface area contributed by atoms with E-state index in [-0.39, 0.29) is 25.4 Å². The maximum absolute atomic E-state index is 11.9. The van der Waals surface area contributed by atoms with Crippen LogP contribution in [0.4, 0.5) is 0 Å². The molecule has 2 atom stereocenters. The number of aliphatic hydroxyl groups is 1. The van der Waals surface area contributed by atoms with E-state index in [1.54, 1.807) is 11.0 Å². The Balaban J connectivity index is 2.04. The average Bonchev–Trinajstić information content (AvgIpc) is 2.56. The molecule has 1 heterocycles. The third-order valence-electron chi connectivity index (χ3n) is 4.54. The number of benzene rings is 1. The number of amides is 1. The van der Waals surface area contributed by atoms with E-state index >= 15 is 0 Å². The second-order valence-electron chi connectivity index (χ2n) is 6.22. The van der Waals surface area contributed by atoms with Crippen LogP contribution >= 0.6 is 0 Å². The number of carboxylic acid groups (broad SMARTS) is 1. The number of aliphatic hydroxyl groups excluding tert-OH is 1. The molecule has 0 aromatic heterocycles. The van der Waals surface area contributed by atoms with Crippen LogP contribution in [0.5, 0.6) is 0 Å². The molecule has 1 aromatic carbocycles. The Hall–Kier alpha value is -2.18. The van der Waals surface area contributed by atoms with Gasteiger partial charge < -0.3 is 15.5 Å². The summed E-state index contributed by atoms with van der Waals surface area (Å²) in [4.78, 5) is 25.4. The van der Waals surface area contributed by atoms with Gasteiger partial charge in [0.25, 0.3) is 0 Å². The maximum atomic E-state index is 11.9. The molecule has 2 rings (SSSR count). The lowest BCUT2D eigenvalue weighted by atomic mass is 9.71. The standard InChI is InChI=1S/C18H24N2O4/c1-2-9-19-16(22)13-20-10-8-18(17(23)24,15(21)12-20)11-14-6-4-3-5-7-14/h2-7,15,21H,1,8-13H2,(H,19,22)(H,23,24)/t15?,18-/m1/s1. The van der Waals surface area contributed by atoms with Crippen molar-refractivity contribution in [2.24, 2.45) is 5.41 Å². The Kier molecular flexibility index (Phi) is 6.11. The molecule has 130 valence electrons. The van der Waals surface area contributed by atoms with E-state index < -0.39 is 17.5 Å². The SMILES string of the molecule is C=CCNC(=O)CN1CC[C@](Cc2ccccc2)(C(=O)O)C(O)C1. The highest BCUT2D eigenvalue weighted by Crippen LogP contribution is 2.36. The minimum atomic E-state index is -1.21. The van der Waals surface area contributed by atoms with Gasteiger partial charge in [-0.05, 0) is 24.9 Å². The van der Waals surface area contributed by atoms with Crippen LogP contribution in [0.1, 0.15) is 12.0 Å². The van der Waals surface area contributed by atoms with Crippen LogP contribution in [0.2, 0.25) is 0 Å². The predicted octanol–water partition coefficient (Wildman–Crippen LogP) is 0.669. The van der Waals surface area contributed by atoms with Gasteiger partial charge in [0.05, 0.1) is 12.6 Å². The van der Waals surface area contributed by atoms with E-state index in [9.17, 15) is 19.8 Å². The van der Waals surface area contributed by atoms with E-state index in [0.29, 0.717) is 19.5 Å². The lowest BCUT2D eigenvalue weighted by Crippen LogP contribution is -2.57. The van der Waals surface area contributed by atoms with E-state index in [1.165, 1.54) is 0 Å². The molecule has 1 fully saturated rings. The van der Waals surface area contributed by atoms with Gasteiger partial charge in [-0.25, -0.2) is 0 Å². The summed E-state index contributed by atoms with van der Waals surface area (Å²) in [6.07, 6.45) is 1.14. The van der Waals surface area contributed by atoms with Gasteiger partial charge in [0.15, 0.2) is 0 Å². The summed E-state index contributed by atoms with van der Waals surface area (Å²) in [6.45, 7) is 4.70. The van der Waals surface area contributed by atoms with E-state index in [2.05, 4.69) is 11.9 Å². The van der Waals surface area contributed by atoms with Crippen molar-refractivity contribution in [2.75, 3.05) is 26.2 Å². The predicted molar refractivity (Wildman–Crippen MR) is 90.5 cm³/mol. The lowest BCUT2D eigenvalue weighted by Gasteiger charge is -2.42. The normalized spacial score (nSPS) is 24.3. The van der Waals surface area contributed by atoms with Crippen LogP contribution in [0.15, 0.2) is 43.0 Å². The number of β-amino-alcohol motifs (C(OH)–C–C–N with tert-alkyl or cyclic N) is 1. The molecule has 1 aliphatic heterocycles. The molecule has 3 N–H and O–H groups in total. The number of carbonyl (C=O) groups excluding carboxylic acids is 1. The van der Waals surface area contributed by atoms with Crippen molar-refractivity contribution in [1.29, 1.82) is 0 Å². The molecular weight excluding hydrogens is 308 g/mol. The van der Waals surface area contributed by atoms with Crippen molar-refractivity contribution < 1.29 is 19.8 Å². The summed E-state index contributed by atoms with van der Waals surface area (Å²) in [5, 5.41) is 23.0. The quantitative estimate of drug-likeness (QED) is 0.639. The molecule has 0 saturated carbocycles. The van der Waals surface area contributed by atoms with E-state index in [1.807, 2.05) is 30.3 Å². The van der Waals surface area contributed by atoms with Crippen LogP contribution in [0, 0.1) is 5.41 Å². The van der Waals surface area contributed by atoms with Crippen molar-refractivity contribution >= 4 is 11.9 Å². The maximum Gasteiger partial charge on any atom is 0.312 e. The van der Waals surface area contributed by atoms with Crippen molar-refractivity contribution in [2.45, 2.75) is 18.9 Å². The van der Waals surface area contributed by atoms with Crippen molar-refractivity contribution in [3.05, 3.63) is 48.6 Å². The summed E-state index contributed by atoms with van der Waals surface area (Å²) in [7, 11) is 0. The Morgan fingerprint density at radius 3 is 2.67 bits per heavy atom. The summed E-state index contributed by atoms with van der Waals surface area (Å²) in [6, 6.07) is 9.32. The first-order chi connectivity index (χ1) is 11.5. The van der Waals surface area contributed by atoms with Gasteiger partial charge in [-0.2, -0.15) is 0 Å². The number of carbonyl (C=O) groups is 2. The molecule has 1 aromatic rings. The minimum absolute atomic E-state index is 0.145. The van der Waals surface area contributed by atoms with Crippen molar-refractivity contribution in [3.63, 3.8) is 0 Å². The van der Waals surface area contributed by atoms with Gasteiger partial charge in [-0.15, -0.1) is 6.58 Å². The molecule has 6 nitrogen and oxygen atoms in total. The Morgan fingerprint density at radius 1 is 1.38 bits per heavy atom. The highest BCUT2D eigenvalue weighted by molar-refractivity contribution is 5.78. The first-order valence-electron chi connectivity index (χ1n) is 8.03. The largest absolute Gasteiger partial charge is 0.481 e. The van der Waals surface area contributed by atoms with Gasteiger partial charge in [0, 0.05) is 13.1 Å². The fourth-order valence-corrected chi connectivity index (χ4v) is 3.11. The zero-order valence-electron chi connectivity index (χ0n) is 13.6. The zero-order chi connectivity index (χ0) is 17.6. The highest BCUT2D eigenvalue weighted by Gasteiger charge is 2.48. The van der Waals surface area contributed by atoms with Crippen LogP contribution in [-0.2, 0) is 16.0 Å². The second kappa shape index (κ2) is 8.08. The van der Waals surface area contributed by atoms with Gasteiger partial charge >= 0.3 is 5.97 Å². The molecule has 1 aliphatic rings. The number of rotatable bonds is 7.